The van der Waals surface area contributed by atoms with Crippen LogP contribution in [0.5, 0.6) is 0 Å². The Morgan fingerprint density at radius 2 is 1.41 bits per heavy atom. The molecule has 0 aromatic carbocycles. The molecule has 126 valence electrons. The Hall–Kier alpha value is -0.730. The second-order valence-electron chi connectivity index (χ2n) is 8.32. The van der Waals surface area contributed by atoms with E-state index < -0.39 is 0 Å². The van der Waals surface area contributed by atoms with Gasteiger partial charge in [-0.15, -0.1) is 0 Å². The van der Waals surface area contributed by atoms with Gasteiger partial charge in [0.1, 0.15) is 0 Å². The van der Waals surface area contributed by atoms with Crippen molar-refractivity contribution in [3.05, 3.63) is 0 Å². The quantitative estimate of drug-likeness (QED) is 0.734. The molecule has 0 aliphatic heterocycles. The molecule has 0 heterocycles. The molecule has 4 bridgehead atoms. The molecule has 2 amide bonds. The molecule has 0 aromatic heterocycles. The van der Waals surface area contributed by atoms with E-state index in [9.17, 15) is 4.79 Å². The van der Waals surface area contributed by atoms with Gasteiger partial charge >= 0.3 is 6.03 Å². The van der Waals surface area contributed by atoms with Crippen LogP contribution in [0.3, 0.4) is 0 Å². The van der Waals surface area contributed by atoms with Crippen LogP contribution in [0.15, 0.2) is 0 Å². The Labute approximate surface area is 136 Å². The maximum absolute atomic E-state index is 12.9. The Balaban J connectivity index is 1.61. The van der Waals surface area contributed by atoms with Crippen LogP contribution in [0.4, 0.5) is 4.79 Å². The molecule has 4 rings (SSSR count). The summed E-state index contributed by atoms with van der Waals surface area (Å²) in [5, 5.41) is 3.53. The third-order valence-electron chi connectivity index (χ3n) is 6.26. The van der Waals surface area contributed by atoms with E-state index in [1.165, 1.54) is 38.5 Å². The van der Waals surface area contributed by atoms with Crippen molar-refractivity contribution in [1.29, 1.82) is 0 Å². The van der Waals surface area contributed by atoms with Gasteiger partial charge in [0.25, 0.3) is 0 Å². The SMILES string of the molecule is CCCCN(CCCC)C(=O)NC12CC3CC(CC(C3)C1)C2. The lowest BCUT2D eigenvalue weighted by Crippen LogP contribution is -2.62. The second kappa shape index (κ2) is 6.80. The summed E-state index contributed by atoms with van der Waals surface area (Å²) in [6, 6.07) is 0.226. The average molecular weight is 306 g/mol. The first-order valence-corrected chi connectivity index (χ1v) is 9.71. The second-order valence-corrected chi connectivity index (χ2v) is 8.32. The van der Waals surface area contributed by atoms with Gasteiger partial charge in [0, 0.05) is 18.6 Å². The molecule has 0 saturated heterocycles. The van der Waals surface area contributed by atoms with Crippen LogP contribution in [0.1, 0.15) is 78.1 Å². The molecule has 4 saturated carbocycles. The molecule has 0 atom stereocenters. The number of amides is 2. The topological polar surface area (TPSA) is 32.3 Å². The van der Waals surface area contributed by atoms with Gasteiger partial charge in [0.05, 0.1) is 0 Å². The standard InChI is InChI=1S/C19H34N2O/c1-3-5-7-21(8-6-4-2)18(22)20-19-12-15-9-16(13-19)11-17(10-15)14-19/h15-17H,3-14H2,1-2H3,(H,20,22). The number of carbonyl (C=O) groups is 1. The zero-order valence-corrected chi connectivity index (χ0v) is 14.6. The highest BCUT2D eigenvalue weighted by atomic mass is 16.2. The maximum atomic E-state index is 12.9. The Bertz CT molecular complexity index is 350. The molecule has 0 spiro atoms. The molecular formula is C19H34N2O. The average Bonchev–Trinajstić information content (AvgIpc) is 2.45. The third kappa shape index (κ3) is 3.44. The van der Waals surface area contributed by atoms with Crippen LogP contribution in [0.25, 0.3) is 0 Å². The monoisotopic (exact) mass is 306 g/mol. The van der Waals surface area contributed by atoms with Gasteiger partial charge in [-0.1, -0.05) is 26.7 Å². The summed E-state index contributed by atoms with van der Waals surface area (Å²) < 4.78 is 0. The van der Waals surface area contributed by atoms with Crippen LogP contribution in [-0.4, -0.2) is 29.6 Å². The van der Waals surface area contributed by atoms with Crippen molar-refractivity contribution in [3.63, 3.8) is 0 Å². The normalized spacial score (nSPS) is 35.6. The van der Waals surface area contributed by atoms with Crippen molar-refractivity contribution in [2.75, 3.05) is 13.1 Å². The summed E-state index contributed by atoms with van der Waals surface area (Å²) in [6.45, 7) is 6.26. The Morgan fingerprint density at radius 1 is 0.955 bits per heavy atom. The molecule has 0 unspecified atom stereocenters. The smallest absolute Gasteiger partial charge is 0.317 e. The van der Waals surface area contributed by atoms with Crippen LogP contribution in [-0.2, 0) is 0 Å². The van der Waals surface area contributed by atoms with Crippen molar-refractivity contribution >= 4 is 6.03 Å². The van der Waals surface area contributed by atoms with Gasteiger partial charge in [-0.05, 0) is 69.1 Å². The first-order valence-electron chi connectivity index (χ1n) is 9.71. The highest BCUT2D eigenvalue weighted by Gasteiger charge is 2.51. The number of urea groups is 1. The largest absolute Gasteiger partial charge is 0.333 e. The fourth-order valence-electron chi connectivity index (χ4n) is 5.58. The van der Waals surface area contributed by atoms with E-state index in [2.05, 4.69) is 24.1 Å². The van der Waals surface area contributed by atoms with E-state index in [1.807, 2.05) is 0 Å². The first kappa shape index (κ1) is 16.1. The van der Waals surface area contributed by atoms with Crippen LogP contribution < -0.4 is 5.32 Å². The zero-order chi connectivity index (χ0) is 15.6. The molecule has 1 N–H and O–H groups in total. The van der Waals surface area contributed by atoms with Gasteiger partial charge < -0.3 is 10.2 Å². The molecule has 3 nitrogen and oxygen atoms in total. The number of unbranched alkanes of at least 4 members (excludes halogenated alkanes) is 2. The number of nitrogens with one attached hydrogen (secondary N) is 1. The lowest BCUT2D eigenvalue weighted by molar-refractivity contribution is -0.0157. The predicted molar refractivity (Wildman–Crippen MR) is 90.8 cm³/mol. The van der Waals surface area contributed by atoms with Gasteiger partial charge in [-0.2, -0.15) is 0 Å². The summed E-state index contributed by atoms with van der Waals surface area (Å²) >= 11 is 0. The minimum atomic E-state index is 0.155. The van der Waals surface area contributed by atoms with Crippen molar-refractivity contribution in [2.45, 2.75) is 83.6 Å². The summed E-state index contributed by atoms with van der Waals surface area (Å²) in [5.41, 5.74) is 0.155. The Kier molecular flexibility index (Phi) is 4.99. The number of hydrogen-bond acceptors (Lipinski definition) is 1. The number of hydrogen-bond donors (Lipinski definition) is 1. The highest BCUT2D eigenvalue weighted by molar-refractivity contribution is 5.75. The summed E-state index contributed by atoms with van der Waals surface area (Å²) in [6.07, 6.45) is 12.6. The number of carbonyl (C=O) groups excluding carboxylic acids is 1. The van der Waals surface area contributed by atoms with Crippen molar-refractivity contribution in [3.8, 4) is 0 Å². The third-order valence-corrected chi connectivity index (χ3v) is 6.26. The molecule has 0 aromatic rings. The fourth-order valence-corrected chi connectivity index (χ4v) is 5.58. The van der Waals surface area contributed by atoms with Crippen LogP contribution in [0.2, 0.25) is 0 Å². The maximum Gasteiger partial charge on any atom is 0.317 e. The molecule has 4 aliphatic rings. The van der Waals surface area contributed by atoms with Gasteiger partial charge in [-0.25, -0.2) is 4.79 Å². The zero-order valence-electron chi connectivity index (χ0n) is 14.6. The fraction of sp³-hybridized carbons (Fsp3) is 0.947. The highest BCUT2D eigenvalue weighted by Crippen LogP contribution is 2.55. The van der Waals surface area contributed by atoms with E-state index in [0.717, 1.165) is 56.5 Å². The van der Waals surface area contributed by atoms with E-state index in [0.29, 0.717) is 0 Å². The molecular weight excluding hydrogens is 272 g/mol. The van der Waals surface area contributed by atoms with E-state index >= 15 is 0 Å². The van der Waals surface area contributed by atoms with Crippen LogP contribution >= 0.6 is 0 Å². The number of rotatable bonds is 7. The summed E-state index contributed by atoms with van der Waals surface area (Å²) in [4.78, 5) is 14.9. The van der Waals surface area contributed by atoms with E-state index in [4.69, 9.17) is 0 Å². The Morgan fingerprint density at radius 3 is 1.82 bits per heavy atom. The predicted octanol–water partition coefficient (Wildman–Crippen LogP) is 4.57. The van der Waals surface area contributed by atoms with Crippen molar-refractivity contribution in [2.24, 2.45) is 17.8 Å². The van der Waals surface area contributed by atoms with Crippen molar-refractivity contribution in [1.82, 2.24) is 10.2 Å². The molecule has 22 heavy (non-hydrogen) atoms. The van der Waals surface area contributed by atoms with Gasteiger partial charge in [0.15, 0.2) is 0 Å². The molecule has 4 aliphatic carbocycles. The molecule has 3 heteroatoms. The number of nitrogens with zero attached hydrogens (tertiary/aromatic N) is 1. The lowest BCUT2D eigenvalue weighted by atomic mass is 9.53. The summed E-state index contributed by atoms with van der Waals surface area (Å²) in [7, 11) is 0. The van der Waals surface area contributed by atoms with Crippen LogP contribution in [0, 0.1) is 17.8 Å². The van der Waals surface area contributed by atoms with Gasteiger partial charge in [0.2, 0.25) is 0 Å². The van der Waals surface area contributed by atoms with Crippen molar-refractivity contribution < 1.29 is 4.79 Å². The minimum Gasteiger partial charge on any atom is -0.333 e. The van der Waals surface area contributed by atoms with E-state index in [-0.39, 0.29) is 11.6 Å². The minimum absolute atomic E-state index is 0.155. The molecule has 0 radical (unpaired) electrons. The molecule has 4 fully saturated rings. The summed E-state index contributed by atoms with van der Waals surface area (Å²) in [5.74, 6) is 2.68. The lowest BCUT2D eigenvalue weighted by Gasteiger charge is -2.57. The van der Waals surface area contributed by atoms with Gasteiger partial charge in [-0.3, -0.25) is 0 Å². The first-order chi connectivity index (χ1) is 10.6. The van der Waals surface area contributed by atoms with E-state index in [1.54, 1.807) is 0 Å².